The van der Waals surface area contributed by atoms with Crippen LogP contribution in [0.1, 0.15) is 0 Å². The first-order valence-electron chi connectivity index (χ1n) is 13.9. The topological polar surface area (TPSA) is 60.9 Å². The summed E-state index contributed by atoms with van der Waals surface area (Å²) < 4.78 is 2.16. The van der Waals surface area contributed by atoms with Gasteiger partial charge in [0.25, 0.3) is 0 Å². The summed E-state index contributed by atoms with van der Waals surface area (Å²) in [6.45, 7) is 7.65. The SMILES string of the molecule is [C-]#[N+]c1ccc2c(c1)c1cc(-c3nc(-c4ccccc4)nc(-c4ccccc4)n3)ccc1n2-c1ccc2ccccc2n1. The van der Waals surface area contributed by atoms with Gasteiger partial charge in [-0.2, -0.15) is 0 Å². The molecule has 0 saturated heterocycles. The summed E-state index contributed by atoms with van der Waals surface area (Å²) in [6, 6.07) is 44.2. The molecule has 0 saturated carbocycles. The molecular weight excluding hydrogens is 528 g/mol. The summed E-state index contributed by atoms with van der Waals surface area (Å²) in [5.41, 5.74) is 6.19. The molecule has 43 heavy (non-hydrogen) atoms. The molecule has 0 aliphatic heterocycles. The lowest BCUT2D eigenvalue weighted by Gasteiger charge is -2.10. The van der Waals surface area contributed by atoms with Crippen molar-refractivity contribution in [3.63, 3.8) is 0 Å². The monoisotopic (exact) mass is 550 g/mol. The minimum absolute atomic E-state index is 0.584. The van der Waals surface area contributed by atoms with Crippen LogP contribution >= 0.6 is 0 Å². The number of fused-ring (bicyclic) bond motifs is 4. The van der Waals surface area contributed by atoms with E-state index < -0.39 is 0 Å². The maximum absolute atomic E-state index is 7.65. The maximum Gasteiger partial charge on any atom is 0.188 e. The van der Waals surface area contributed by atoms with Crippen molar-refractivity contribution >= 4 is 38.4 Å². The van der Waals surface area contributed by atoms with Crippen molar-refractivity contribution in [2.45, 2.75) is 0 Å². The Labute approximate surface area is 247 Å². The Balaban J connectivity index is 1.37. The minimum atomic E-state index is 0.584. The molecule has 8 aromatic rings. The zero-order valence-corrected chi connectivity index (χ0v) is 22.9. The number of benzene rings is 5. The van der Waals surface area contributed by atoms with Crippen LogP contribution < -0.4 is 0 Å². The fraction of sp³-hybridized carbons (Fsp3) is 0. The molecule has 8 rings (SSSR count). The van der Waals surface area contributed by atoms with E-state index in [0.29, 0.717) is 23.2 Å². The van der Waals surface area contributed by atoms with Gasteiger partial charge in [0.05, 0.1) is 23.1 Å². The van der Waals surface area contributed by atoms with Gasteiger partial charge >= 0.3 is 0 Å². The van der Waals surface area contributed by atoms with Gasteiger partial charge in [0.15, 0.2) is 23.2 Å². The molecule has 200 valence electrons. The average Bonchev–Trinajstić information content (AvgIpc) is 3.41. The van der Waals surface area contributed by atoms with Crippen LogP contribution in [0.3, 0.4) is 0 Å². The zero-order valence-electron chi connectivity index (χ0n) is 22.9. The van der Waals surface area contributed by atoms with Gasteiger partial charge in [0, 0.05) is 27.5 Å². The van der Waals surface area contributed by atoms with Crippen LogP contribution in [-0.2, 0) is 0 Å². The van der Waals surface area contributed by atoms with Crippen LogP contribution in [0.2, 0.25) is 0 Å². The summed E-state index contributed by atoms with van der Waals surface area (Å²) in [4.78, 5) is 23.4. The maximum atomic E-state index is 7.65. The van der Waals surface area contributed by atoms with Crippen molar-refractivity contribution in [3.8, 4) is 40.0 Å². The molecule has 0 N–H and O–H groups in total. The van der Waals surface area contributed by atoms with E-state index in [4.69, 9.17) is 26.5 Å². The largest absolute Gasteiger partial charge is 0.294 e. The van der Waals surface area contributed by atoms with Gasteiger partial charge in [0.1, 0.15) is 5.82 Å². The first-order valence-corrected chi connectivity index (χ1v) is 13.9. The fourth-order valence-electron chi connectivity index (χ4n) is 5.58. The number of para-hydroxylation sites is 1. The van der Waals surface area contributed by atoms with Gasteiger partial charge in [0.2, 0.25) is 0 Å². The van der Waals surface area contributed by atoms with Gasteiger partial charge in [-0.3, -0.25) is 4.57 Å². The van der Waals surface area contributed by atoms with Crippen molar-refractivity contribution in [3.05, 3.63) is 145 Å². The minimum Gasteiger partial charge on any atom is -0.294 e. The molecule has 0 aliphatic rings. The number of hydrogen-bond acceptors (Lipinski definition) is 4. The number of nitrogens with zero attached hydrogens (tertiary/aromatic N) is 6. The highest BCUT2D eigenvalue weighted by atomic mass is 15.1. The Hall–Kier alpha value is -6.19. The molecule has 3 heterocycles. The Morgan fingerprint density at radius 2 is 1.07 bits per heavy atom. The smallest absolute Gasteiger partial charge is 0.188 e. The van der Waals surface area contributed by atoms with E-state index in [1.807, 2.05) is 109 Å². The number of aromatic nitrogens is 5. The number of pyridine rings is 1. The van der Waals surface area contributed by atoms with Gasteiger partial charge in [-0.15, -0.1) is 0 Å². The second-order valence-electron chi connectivity index (χ2n) is 10.3. The van der Waals surface area contributed by atoms with Gasteiger partial charge in [-0.25, -0.2) is 24.8 Å². The van der Waals surface area contributed by atoms with Gasteiger partial charge < -0.3 is 0 Å². The van der Waals surface area contributed by atoms with E-state index in [9.17, 15) is 0 Å². The third-order valence-corrected chi connectivity index (χ3v) is 7.65. The molecule has 0 spiro atoms. The van der Waals surface area contributed by atoms with Gasteiger partial charge in [-0.1, -0.05) is 84.9 Å². The highest BCUT2D eigenvalue weighted by molar-refractivity contribution is 6.11. The zero-order chi connectivity index (χ0) is 28.8. The Kier molecular flexibility index (Phi) is 5.73. The second-order valence-corrected chi connectivity index (χ2v) is 10.3. The first kappa shape index (κ1) is 24.6. The molecule has 3 aromatic heterocycles. The summed E-state index contributed by atoms with van der Waals surface area (Å²) in [5, 5.41) is 3.06. The highest BCUT2D eigenvalue weighted by Gasteiger charge is 2.17. The highest BCUT2D eigenvalue weighted by Crippen LogP contribution is 2.36. The molecule has 0 fully saturated rings. The van der Waals surface area contributed by atoms with Crippen molar-refractivity contribution in [2.24, 2.45) is 0 Å². The Bertz CT molecular complexity index is 2290. The van der Waals surface area contributed by atoms with Gasteiger partial charge in [-0.05, 0) is 53.9 Å². The summed E-state index contributed by atoms with van der Waals surface area (Å²) >= 11 is 0. The quantitative estimate of drug-likeness (QED) is 0.205. The summed E-state index contributed by atoms with van der Waals surface area (Å²) in [5.74, 6) is 2.63. The van der Waals surface area contributed by atoms with Crippen molar-refractivity contribution < 1.29 is 0 Å². The summed E-state index contributed by atoms with van der Waals surface area (Å²) in [6.07, 6.45) is 0. The Morgan fingerprint density at radius 3 is 1.74 bits per heavy atom. The van der Waals surface area contributed by atoms with Crippen molar-refractivity contribution in [1.82, 2.24) is 24.5 Å². The van der Waals surface area contributed by atoms with E-state index in [0.717, 1.165) is 55.2 Å². The molecule has 0 aliphatic carbocycles. The van der Waals surface area contributed by atoms with E-state index in [2.05, 4.69) is 33.7 Å². The van der Waals surface area contributed by atoms with E-state index >= 15 is 0 Å². The molecule has 0 radical (unpaired) electrons. The lowest BCUT2D eigenvalue weighted by molar-refractivity contribution is 1.07. The molecular formula is C37H22N6. The van der Waals surface area contributed by atoms with Crippen LogP contribution in [0, 0.1) is 6.57 Å². The molecule has 0 bridgehead atoms. The van der Waals surface area contributed by atoms with Crippen LogP contribution in [0.4, 0.5) is 5.69 Å². The number of hydrogen-bond donors (Lipinski definition) is 0. The first-order chi connectivity index (χ1) is 21.2. The number of rotatable bonds is 4. The Morgan fingerprint density at radius 1 is 0.488 bits per heavy atom. The van der Waals surface area contributed by atoms with Crippen LogP contribution in [0.15, 0.2) is 133 Å². The normalized spacial score (nSPS) is 11.2. The van der Waals surface area contributed by atoms with Crippen LogP contribution in [-0.4, -0.2) is 24.5 Å². The van der Waals surface area contributed by atoms with Crippen molar-refractivity contribution in [1.29, 1.82) is 0 Å². The van der Waals surface area contributed by atoms with Crippen LogP contribution in [0.25, 0.3) is 77.5 Å². The lowest BCUT2D eigenvalue weighted by Crippen LogP contribution is -2.00. The van der Waals surface area contributed by atoms with Crippen molar-refractivity contribution in [2.75, 3.05) is 0 Å². The van der Waals surface area contributed by atoms with E-state index in [-0.39, 0.29) is 0 Å². The lowest BCUT2D eigenvalue weighted by atomic mass is 10.1. The standard InChI is InChI=1S/C37H22N6/c1-38-28-18-20-33-30(23-28)29-22-27(16-19-32(29)43(33)34-21-17-24-10-8-9-15-31(24)39-34)37-41-35(25-11-4-2-5-12-25)40-36(42-37)26-13-6-3-7-14-26/h2-23H. The average molecular weight is 551 g/mol. The predicted octanol–water partition coefficient (Wildman–Crippen LogP) is 9.07. The third kappa shape index (κ3) is 4.28. The molecule has 0 unspecified atom stereocenters. The predicted molar refractivity (Wildman–Crippen MR) is 172 cm³/mol. The van der Waals surface area contributed by atoms with Crippen LogP contribution in [0.5, 0.6) is 0 Å². The molecule has 6 nitrogen and oxygen atoms in total. The molecule has 0 atom stereocenters. The molecule has 6 heteroatoms. The second kappa shape index (κ2) is 10.0. The summed E-state index contributed by atoms with van der Waals surface area (Å²) in [7, 11) is 0. The van der Waals surface area contributed by atoms with E-state index in [1.165, 1.54) is 0 Å². The third-order valence-electron chi connectivity index (χ3n) is 7.65. The molecule has 0 amide bonds. The molecule has 5 aromatic carbocycles. The fourth-order valence-corrected chi connectivity index (χ4v) is 5.58. The van der Waals surface area contributed by atoms with E-state index in [1.54, 1.807) is 0 Å².